The van der Waals surface area contributed by atoms with E-state index in [1.54, 1.807) is 0 Å². The van der Waals surface area contributed by atoms with E-state index in [1.807, 2.05) is 36.7 Å². The lowest BCUT2D eigenvalue weighted by molar-refractivity contribution is 0.555. The van der Waals surface area contributed by atoms with Crippen LogP contribution >= 0.6 is 0 Å². The molecule has 0 aliphatic carbocycles. The Morgan fingerprint density at radius 1 is 0.769 bits per heavy atom. The first-order valence-corrected chi connectivity index (χ1v) is 10.1. The molecular formula is C23H31N3. The molecule has 2 aromatic rings. The molecule has 0 N–H and O–H groups in total. The molecule has 138 valence electrons. The second-order valence-electron chi connectivity index (χ2n) is 7.01. The fourth-order valence-electron chi connectivity index (χ4n) is 3.14. The molecule has 2 rings (SSSR count). The SMILES string of the molecule is CCCCCCCCCCCCc1cnc(-c2ccc(C#N)cc2)cn1. The molecule has 0 unspecified atom stereocenters. The highest BCUT2D eigenvalue weighted by atomic mass is 14.8. The molecule has 1 aromatic heterocycles. The number of rotatable bonds is 12. The average Bonchev–Trinajstić information content (AvgIpc) is 2.70. The van der Waals surface area contributed by atoms with Gasteiger partial charge in [0.2, 0.25) is 0 Å². The fourth-order valence-corrected chi connectivity index (χ4v) is 3.14. The zero-order chi connectivity index (χ0) is 18.5. The summed E-state index contributed by atoms with van der Waals surface area (Å²) in [6.07, 6.45) is 18.3. The quantitative estimate of drug-likeness (QED) is 0.412. The third-order valence-corrected chi connectivity index (χ3v) is 4.80. The Hall–Kier alpha value is -2.21. The number of aromatic nitrogens is 2. The summed E-state index contributed by atoms with van der Waals surface area (Å²) in [6.45, 7) is 2.27. The molecular weight excluding hydrogens is 318 g/mol. The number of nitrogens with zero attached hydrogens (tertiary/aromatic N) is 3. The van der Waals surface area contributed by atoms with E-state index in [2.05, 4.69) is 23.0 Å². The van der Waals surface area contributed by atoms with Gasteiger partial charge in [0.05, 0.1) is 29.2 Å². The summed E-state index contributed by atoms with van der Waals surface area (Å²) in [7, 11) is 0. The van der Waals surface area contributed by atoms with Crippen LogP contribution in [0.15, 0.2) is 36.7 Å². The molecule has 0 spiro atoms. The van der Waals surface area contributed by atoms with Crippen LogP contribution in [0.3, 0.4) is 0 Å². The molecule has 0 radical (unpaired) electrons. The van der Waals surface area contributed by atoms with E-state index in [0.717, 1.165) is 23.4 Å². The Labute approximate surface area is 158 Å². The minimum absolute atomic E-state index is 0.666. The maximum atomic E-state index is 8.85. The first kappa shape index (κ1) is 20.1. The van der Waals surface area contributed by atoms with Gasteiger partial charge in [0.25, 0.3) is 0 Å². The summed E-state index contributed by atoms with van der Waals surface area (Å²) in [5.41, 5.74) is 3.60. The molecule has 1 heterocycles. The first-order chi connectivity index (χ1) is 12.8. The predicted molar refractivity (Wildman–Crippen MR) is 108 cm³/mol. The average molecular weight is 350 g/mol. The van der Waals surface area contributed by atoms with E-state index < -0.39 is 0 Å². The summed E-state index contributed by atoms with van der Waals surface area (Å²) in [5, 5.41) is 8.85. The Bertz CT molecular complexity index is 653. The van der Waals surface area contributed by atoms with Crippen LogP contribution in [-0.4, -0.2) is 9.97 Å². The fraction of sp³-hybridized carbons (Fsp3) is 0.522. The van der Waals surface area contributed by atoms with Crippen molar-refractivity contribution in [1.29, 1.82) is 5.26 Å². The molecule has 3 nitrogen and oxygen atoms in total. The lowest BCUT2D eigenvalue weighted by Crippen LogP contribution is -1.94. The van der Waals surface area contributed by atoms with Crippen LogP contribution in [0.5, 0.6) is 0 Å². The van der Waals surface area contributed by atoms with Gasteiger partial charge in [-0.25, -0.2) is 0 Å². The lowest BCUT2D eigenvalue weighted by atomic mass is 10.1. The summed E-state index contributed by atoms with van der Waals surface area (Å²) < 4.78 is 0. The molecule has 0 bridgehead atoms. The van der Waals surface area contributed by atoms with Gasteiger partial charge in [-0.3, -0.25) is 9.97 Å². The number of hydrogen-bond acceptors (Lipinski definition) is 3. The van der Waals surface area contributed by atoms with Crippen molar-refractivity contribution in [3.8, 4) is 17.3 Å². The Morgan fingerprint density at radius 3 is 1.92 bits per heavy atom. The highest BCUT2D eigenvalue weighted by Gasteiger charge is 2.02. The zero-order valence-electron chi connectivity index (χ0n) is 16.1. The predicted octanol–water partition coefficient (Wildman–Crippen LogP) is 6.48. The van der Waals surface area contributed by atoms with Crippen LogP contribution in [0, 0.1) is 11.3 Å². The van der Waals surface area contributed by atoms with Crippen molar-refractivity contribution in [1.82, 2.24) is 9.97 Å². The third kappa shape index (κ3) is 7.35. The first-order valence-electron chi connectivity index (χ1n) is 10.1. The van der Waals surface area contributed by atoms with Crippen LogP contribution in [0.4, 0.5) is 0 Å². The van der Waals surface area contributed by atoms with Crippen LogP contribution in [-0.2, 0) is 6.42 Å². The monoisotopic (exact) mass is 349 g/mol. The number of aryl methyl sites for hydroxylation is 1. The maximum absolute atomic E-state index is 8.85. The Balaban J connectivity index is 1.61. The number of unbranched alkanes of at least 4 members (excludes halogenated alkanes) is 9. The third-order valence-electron chi connectivity index (χ3n) is 4.80. The molecule has 26 heavy (non-hydrogen) atoms. The molecule has 0 amide bonds. The largest absolute Gasteiger partial charge is 0.257 e. The van der Waals surface area contributed by atoms with Gasteiger partial charge in [0, 0.05) is 11.8 Å². The lowest BCUT2D eigenvalue weighted by Gasteiger charge is -2.04. The van der Waals surface area contributed by atoms with Crippen LogP contribution in [0.2, 0.25) is 0 Å². The van der Waals surface area contributed by atoms with Crippen LogP contribution in [0.25, 0.3) is 11.3 Å². The molecule has 0 aliphatic heterocycles. The van der Waals surface area contributed by atoms with Crippen molar-refractivity contribution >= 4 is 0 Å². The molecule has 0 saturated carbocycles. The smallest absolute Gasteiger partial charge is 0.0991 e. The number of benzene rings is 1. The topological polar surface area (TPSA) is 49.6 Å². The molecule has 1 aromatic carbocycles. The van der Waals surface area contributed by atoms with Crippen molar-refractivity contribution in [2.24, 2.45) is 0 Å². The minimum atomic E-state index is 0.666. The number of nitriles is 1. The normalized spacial score (nSPS) is 10.6. The van der Waals surface area contributed by atoms with E-state index >= 15 is 0 Å². The molecule has 0 fully saturated rings. The van der Waals surface area contributed by atoms with Gasteiger partial charge < -0.3 is 0 Å². The van der Waals surface area contributed by atoms with Crippen molar-refractivity contribution in [2.45, 2.75) is 77.6 Å². The second kappa shape index (κ2) is 12.2. The van der Waals surface area contributed by atoms with Crippen molar-refractivity contribution in [3.05, 3.63) is 47.9 Å². The van der Waals surface area contributed by atoms with E-state index in [9.17, 15) is 0 Å². The highest BCUT2D eigenvalue weighted by molar-refractivity contribution is 5.59. The van der Waals surface area contributed by atoms with Gasteiger partial charge in [0.1, 0.15) is 0 Å². The van der Waals surface area contributed by atoms with Gasteiger partial charge >= 0.3 is 0 Å². The molecule has 3 heteroatoms. The van der Waals surface area contributed by atoms with Gasteiger partial charge in [0.15, 0.2) is 0 Å². The summed E-state index contributed by atoms with van der Waals surface area (Å²) in [5.74, 6) is 0. The number of hydrogen-bond donors (Lipinski definition) is 0. The standard InChI is InChI=1S/C23H31N3/c1-2-3-4-5-6-7-8-9-10-11-12-22-18-26-23(19-25-22)21-15-13-20(17-24)14-16-21/h13-16,18-19H,2-12H2,1H3. The summed E-state index contributed by atoms with van der Waals surface area (Å²) in [6, 6.07) is 9.60. The Morgan fingerprint density at radius 2 is 1.38 bits per heavy atom. The minimum Gasteiger partial charge on any atom is -0.257 e. The van der Waals surface area contributed by atoms with Crippen LogP contribution in [0.1, 0.15) is 82.4 Å². The van der Waals surface area contributed by atoms with Crippen molar-refractivity contribution in [3.63, 3.8) is 0 Å². The van der Waals surface area contributed by atoms with E-state index in [1.165, 1.54) is 64.2 Å². The summed E-state index contributed by atoms with van der Waals surface area (Å²) >= 11 is 0. The zero-order valence-corrected chi connectivity index (χ0v) is 16.1. The van der Waals surface area contributed by atoms with Crippen molar-refractivity contribution in [2.75, 3.05) is 0 Å². The van der Waals surface area contributed by atoms with Gasteiger partial charge in [-0.2, -0.15) is 5.26 Å². The van der Waals surface area contributed by atoms with Gasteiger partial charge in [-0.1, -0.05) is 76.8 Å². The maximum Gasteiger partial charge on any atom is 0.0991 e. The van der Waals surface area contributed by atoms with Crippen LogP contribution < -0.4 is 0 Å². The van der Waals surface area contributed by atoms with E-state index in [0.29, 0.717) is 5.56 Å². The molecule has 0 atom stereocenters. The highest BCUT2D eigenvalue weighted by Crippen LogP contribution is 2.17. The Kier molecular flexibility index (Phi) is 9.43. The second-order valence-corrected chi connectivity index (χ2v) is 7.01. The van der Waals surface area contributed by atoms with Gasteiger partial charge in [-0.05, 0) is 25.0 Å². The van der Waals surface area contributed by atoms with E-state index in [4.69, 9.17) is 5.26 Å². The molecule has 0 saturated heterocycles. The summed E-state index contributed by atoms with van der Waals surface area (Å²) in [4.78, 5) is 9.07. The van der Waals surface area contributed by atoms with E-state index in [-0.39, 0.29) is 0 Å². The molecule has 0 aliphatic rings. The van der Waals surface area contributed by atoms with Crippen molar-refractivity contribution < 1.29 is 0 Å². The van der Waals surface area contributed by atoms with Gasteiger partial charge in [-0.15, -0.1) is 0 Å².